The van der Waals surface area contributed by atoms with E-state index in [9.17, 15) is 4.79 Å². The summed E-state index contributed by atoms with van der Waals surface area (Å²) in [5.74, 6) is 2.04. The van der Waals surface area contributed by atoms with Gasteiger partial charge in [0.05, 0.1) is 25.0 Å². The van der Waals surface area contributed by atoms with E-state index >= 15 is 0 Å². The number of hydrogen-bond donors (Lipinski definition) is 2. The molecular weight excluding hydrogens is 494 g/mol. The lowest BCUT2D eigenvalue weighted by Crippen LogP contribution is -2.31. The number of nitrogens with one attached hydrogen (secondary N) is 2. The highest BCUT2D eigenvalue weighted by Gasteiger charge is 2.34. The van der Waals surface area contributed by atoms with Crippen molar-refractivity contribution in [2.75, 3.05) is 24.4 Å². The number of amides is 1. The van der Waals surface area contributed by atoms with Crippen molar-refractivity contribution >= 4 is 17.5 Å². The number of anilines is 2. The SMILES string of the molecule is CCOc1cc(C2C(C(=O)Nc3ccccc3OC)=C(C)Nc3ncnn32)ccc1OCc1ccccc1C. The minimum absolute atomic E-state index is 0.284. The van der Waals surface area contributed by atoms with Gasteiger partial charge in [0.15, 0.2) is 11.5 Å². The molecule has 1 amide bonds. The topological polar surface area (TPSA) is 99.5 Å². The molecule has 0 spiro atoms. The monoisotopic (exact) mass is 525 g/mol. The van der Waals surface area contributed by atoms with Gasteiger partial charge in [0.25, 0.3) is 5.91 Å². The third-order valence-corrected chi connectivity index (χ3v) is 6.62. The summed E-state index contributed by atoms with van der Waals surface area (Å²) in [6.45, 7) is 6.71. The zero-order chi connectivity index (χ0) is 27.4. The molecule has 3 aromatic carbocycles. The molecule has 9 nitrogen and oxygen atoms in total. The summed E-state index contributed by atoms with van der Waals surface area (Å²) in [6.07, 6.45) is 1.47. The first-order chi connectivity index (χ1) is 19.0. The number of nitrogens with zero attached hydrogens (tertiary/aromatic N) is 3. The lowest BCUT2D eigenvalue weighted by atomic mass is 9.94. The summed E-state index contributed by atoms with van der Waals surface area (Å²) >= 11 is 0. The van der Waals surface area contributed by atoms with Gasteiger partial charge in [-0.15, -0.1) is 0 Å². The zero-order valence-electron chi connectivity index (χ0n) is 22.4. The first-order valence-electron chi connectivity index (χ1n) is 12.8. The molecule has 5 rings (SSSR count). The first kappa shape index (κ1) is 25.8. The molecule has 0 aliphatic carbocycles. The lowest BCUT2D eigenvalue weighted by Gasteiger charge is -2.29. The average molecular weight is 526 g/mol. The van der Waals surface area contributed by atoms with Gasteiger partial charge >= 0.3 is 0 Å². The molecule has 0 fully saturated rings. The second-order valence-electron chi connectivity index (χ2n) is 9.10. The van der Waals surface area contributed by atoms with Gasteiger partial charge in [0.2, 0.25) is 5.95 Å². The number of para-hydroxylation sites is 2. The van der Waals surface area contributed by atoms with E-state index in [0.717, 1.165) is 16.7 Å². The normalized spacial score (nSPS) is 14.3. The van der Waals surface area contributed by atoms with Gasteiger partial charge in [-0.25, -0.2) is 4.68 Å². The minimum Gasteiger partial charge on any atom is -0.495 e. The number of aromatic nitrogens is 3. The largest absolute Gasteiger partial charge is 0.495 e. The van der Waals surface area contributed by atoms with Crippen LogP contribution >= 0.6 is 0 Å². The van der Waals surface area contributed by atoms with Crippen LogP contribution < -0.4 is 24.8 Å². The highest BCUT2D eigenvalue weighted by Crippen LogP contribution is 2.39. The van der Waals surface area contributed by atoms with Crippen molar-refractivity contribution in [3.63, 3.8) is 0 Å². The van der Waals surface area contributed by atoms with Crippen LogP contribution in [-0.4, -0.2) is 34.4 Å². The highest BCUT2D eigenvalue weighted by atomic mass is 16.5. The Morgan fingerprint density at radius 1 is 1.00 bits per heavy atom. The molecule has 0 bridgehead atoms. The van der Waals surface area contributed by atoms with Crippen LogP contribution in [0.3, 0.4) is 0 Å². The van der Waals surface area contributed by atoms with Crippen LogP contribution in [0.1, 0.15) is 36.6 Å². The van der Waals surface area contributed by atoms with E-state index in [1.807, 2.05) is 62.4 Å². The van der Waals surface area contributed by atoms with Crippen molar-refractivity contribution in [1.29, 1.82) is 0 Å². The van der Waals surface area contributed by atoms with Gasteiger partial charge in [0, 0.05) is 5.70 Å². The van der Waals surface area contributed by atoms with E-state index in [-0.39, 0.29) is 5.91 Å². The third kappa shape index (κ3) is 5.29. The lowest BCUT2D eigenvalue weighted by molar-refractivity contribution is -0.113. The molecule has 0 saturated heterocycles. The summed E-state index contributed by atoms with van der Waals surface area (Å²) in [7, 11) is 1.57. The molecule has 1 aliphatic heterocycles. The molecule has 2 heterocycles. The number of methoxy groups -OCH3 is 1. The molecule has 1 aliphatic rings. The van der Waals surface area contributed by atoms with Crippen molar-refractivity contribution in [2.24, 2.45) is 0 Å². The quantitative estimate of drug-likeness (QED) is 0.298. The van der Waals surface area contributed by atoms with Gasteiger partial charge in [-0.1, -0.05) is 42.5 Å². The Bertz CT molecular complexity index is 1530. The second kappa shape index (κ2) is 11.3. The van der Waals surface area contributed by atoms with Gasteiger partial charge in [-0.05, 0) is 61.7 Å². The Hall–Kier alpha value is -4.79. The van der Waals surface area contributed by atoms with Crippen molar-refractivity contribution in [1.82, 2.24) is 14.8 Å². The van der Waals surface area contributed by atoms with Crippen LogP contribution in [0.25, 0.3) is 0 Å². The summed E-state index contributed by atoms with van der Waals surface area (Å²) in [5, 5.41) is 10.6. The van der Waals surface area contributed by atoms with Gasteiger partial charge < -0.3 is 24.8 Å². The van der Waals surface area contributed by atoms with Gasteiger partial charge in [-0.2, -0.15) is 10.1 Å². The summed E-state index contributed by atoms with van der Waals surface area (Å²) in [5.41, 5.74) is 4.80. The smallest absolute Gasteiger partial charge is 0.255 e. The number of hydrogen-bond acceptors (Lipinski definition) is 7. The fourth-order valence-corrected chi connectivity index (χ4v) is 4.64. The predicted molar refractivity (Wildman–Crippen MR) is 149 cm³/mol. The molecule has 9 heteroatoms. The number of carbonyl (C=O) groups is 1. The molecule has 200 valence electrons. The van der Waals surface area contributed by atoms with E-state index < -0.39 is 6.04 Å². The van der Waals surface area contributed by atoms with Gasteiger partial charge in [-0.3, -0.25) is 4.79 Å². The van der Waals surface area contributed by atoms with Crippen LogP contribution in [0.5, 0.6) is 17.2 Å². The van der Waals surface area contributed by atoms with Crippen molar-refractivity contribution in [3.8, 4) is 17.2 Å². The van der Waals surface area contributed by atoms with E-state index in [4.69, 9.17) is 14.2 Å². The Morgan fingerprint density at radius 3 is 2.59 bits per heavy atom. The number of allylic oxidation sites excluding steroid dienone is 1. The van der Waals surface area contributed by atoms with Gasteiger partial charge in [0.1, 0.15) is 24.7 Å². The fraction of sp³-hybridized carbons (Fsp3) is 0.233. The number of benzene rings is 3. The third-order valence-electron chi connectivity index (χ3n) is 6.62. The number of fused-ring (bicyclic) bond motifs is 1. The molecule has 0 saturated carbocycles. The van der Waals surface area contributed by atoms with Crippen LogP contribution in [-0.2, 0) is 11.4 Å². The highest BCUT2D eigenvalue weighted by molar-refractivity contribution is 6.06. The fourth-order valence-electron chi connectivity index (χ4n) is 4.64. The second-order valence-corrected chi connectivity index (χ2v) is 9.10. The van der Waals surface area contributed by atoms with Crippen LogP contribution in [0.15, 0.2) is 84.3 Å². The Balaban J connectivity index is 1.50. The van der Waals surface area contributed by atoms with Crippen molar-refractivity contribution in [2.45, 2.75) is 33.4 Å². The summed E-state index contributed by atoms with van der Waals surface area (Å²) in [6, 6.07) is 20.6. The molecule has 2 N–H and O–H groups in total. The number of rotatable bonds is 9. The van der Waals surface area contributed by atoms with Crippen LogP contribution in [0.2, 0.25) is 0 Å². The molecule has 4 aromatic rings. The van der Waals surface area contributed by atoms with E-state index in [1.165, 1.54) is 6.33 Å². The van der Waals surface area contributed by atoms with E-state index in [0.29, 0.717) is 53.4 Å². The summed E-state index contributed by atoms with van der Waals surface area (Å²) < 4.78 is 19.3. The number of ether oxygens (including phenoxy) is 3. The Kier molecular flexibility index (Phi) is 7.49. The molecule has 0 radical (unpaired) electrons. The first-order valence-corrected chi connectivity index (χ1v) is 12.8. The number of aryl methyl sites for hydroxylation is 1. The van der Waals surface area contributed by atoms with Crippen LogP contribution in [0, 0.1) is 6.92 Å². The van der Waals surface area contributed by atoms with E-state index in [1.54, 1.807) is 23.9 Å². The van der Waals surface area contributed by atoms with Crippen molar-refractivity contribution in [3.05, 3.63) is 101 Å². The standard InChI is InChI=1S/C30H31N5O4/c1-5-38-26-16-21(14-15-25(26)39-17-22-11-7-6-10-19(22)2)28-27(20(3)33-30-31-18-32-35(28)30)29(36)34-23-12-8-9-13-24(23)37-4/h6-16,18,28H,5,17H2,1-4H3,(H,34,36)(H,31,32,33). The van der Waals surface area contributed by atoms with E-state index in [2.05, 4.69) is 33.7 Å². The molecule has 1 unspecified atom stereocenters. The predicted octanol–water partition coefficient (Wildman–Crippen LogP) is 5.50. The number of carbonyl (C=O) groups excluding carboxylic acids is 1. The molecule has 1 aromatic heterocycles. The summed E-state index contributed by atoms with van der Waals surface area (Å²) in [4.78, 5) is 18.1. The average Bonchev–Trinajstić information content (AvgIpc) is 3.41. The maximum atomic E-state index is 13.7. The Labute approximate surface area is 227 Å². The minimum atomic E-state index is -0.553. The Morgan fingerprint density at radius 2 is 1.79 bits per heavy atom. The molecule has 1 atom stereocenters. The maximum absolute atomic E-state index is 13.7. The van der Waals surface area contributed by atoms with Crippen LogP contribution in [0.4, 0.5) is 11.6 Å². The molecular formula is C30H31N5O4. The van der Waals surface area contributed by atoms with Crippen molar-refractivity contribution < 1.29 is 19.0 Å². The zero-order valence-corrected chi connectivity index (χ0v) is 22.4. The molecule has 39 heavy (non-hydrogen) atoms. The maximum Gasteiger partial charge on any atom is 0.255 e.